The van der Waals surface area contributed by atoms with Gasteiger partial charge in [0.2, 0.25) is 0 Å². The molecule has 6 heteroatoms. The van der Waals surface area contributed by atoms with Crippen LogP contribution in [-0.2, 0) is 29.1 Å². The van der Waals surface area contributed by atoms with Gasteiger partial charge in [-0.3, -0.25) is 9.78 Å². The van der Waals surface area contributed by atoms with E-state index in [2.05, 4.69) is 0 Å². The molecule has 0 aliphatic heterocycles. The molecule has 0 aliphatic carbocycles. The maximum atomic E-state index is 12.4. The van der Waals surface area contributed by atoms with Crippen LogP contribution < -0.4 is 0 Å². The Labute approximate surface area is 133 Å². The van der Waals surface area contributed by atoms with Gasteiger partial charge in [0.05, 0.1) is 0 Å². The topological polar surface area (TPSA) is 71.1 Å². The van der Waals surface area contributed by atoms with Gasteiger partial charge in [-0.25, -0.2) is 9.59 Å². The van der Waals surface area contributed by atoms with E-state index < -0.39 is 28.6 Å². The summed E-state index contributed by atoms with van der Waals surface area (Å²) < 4.78 is 0. The molecule has 0 amide bonds. The molecule has 0 atom stereocenters. The summed E-state index contributed by atoms with van der Waals surface area (Å²) in [6.07, 6.45) is 1.14. The van der Waals surface area contributed by atoms with Crippen molar-refractivity contribution in [2.75, 3.05) is 0 Å². The fraction of sp³-hybridized carbons (Fsp3) is 0.875. The van der Waals surface area contributed by atoms with Gasteiger partial charge in [0.25, 0.3) is 0 Å². The smallest absolute Gasteiger partial charge is 0.297 e. The molecular weight excluding hydrogens is 288 g/mol. The number of carbonyl (C=O) groups is 2. The van der Waals surface area contributed by atoms with E-state index in [1.54, 1.807) is 48.5 Å². The van der Waals surface area contributed by atoms with Crippen LogP contribution in [0.3, 0.4) is 0 Å². The molecule has 0 saturated carbocycles. The molecule has 0 heterocycles. The summed E-state index contributed by atoms with van der Waals surface area (Å²) in [5, 5.41) is 0. The summed E-state index contributed by atoms with van der Waals surface area (Å²) in [4.78, 5) is 44.6. The Bertz CT molecular complexity index is 345. The SMILES string of the molecule is CCCC(CC)(C(=O)OOC(C)(C)C)C(=O)OOC(C)(C)C. The van der Waals surface area contributed by atoms with Crippen LogP contribution in [0.4, 0.5) is 0 Å². The van der Waals surface area contributed by atoms with Crippen LogP contribution in [0.2, 0.25) is 0 Å². The minimum atomic E-state index is -1.43. The zero-order valence-corrected chi connectivity index (χ0v) is 15.1. The molecular formula is C16H30O6. The van der Waals surface area contributed by atoms with E-state index in [1.165, 1.54) is 0 Å². The van der Waals surface area contributed by atoms with E-state index in [1.807, 2.05) is 6.92 Å². The van der Waals surface area contributed by atoms with Crippen LogP contribution in [0.25, 0.3) is 0 Å². The minimum Gasteiger partial charge on any atom is -0.297 e. The average Bonchev–Trinajstić information content (AvgIpc) is 2.37. The highest BCUT2D eigenvalue weighted by Gasteiger charge is 2.49. The molecule has 0 aromatic heterocycles. The van der Waals surface area contributed by atoms with Crippen molar-refractivity contribution in [3.63, 3.8) is 0 Å². The zero-order valence-electron chi connectivity index (χ0n) is 15.1. The van der Waals surface area contributed by atoms with E-state index in [-0.39, 0.29) is 6.42 Å². The van der Waals surface area contributed by atoms with Gasteiger partial charge >= 0.3 is 11.9 Å². The maximum Gasteiger partial charge on any atom is 0.359 e. The molecule has 0 N–H and O–H groups in total. The maximum absolute atomic E-state index is 12.4. The first kappa shape index (κ1) is 20.9. The van der Waals surface area contributed by atoms with Crippen molar-refractivity contribution in [3.05, 3.63) is 0 Å². The normalized spacial score (nSPS) is 12.9. The van der Waals surface area contributed by atoms with E-state index in [0.29, 0.717) is 12.8 Å². The van der Waals surface area contributed by atoms with E-state index in [4.69, 9.17) is 19.6 Å². The van der Waals surface area contributed by atoms with Crippen molar-refractivity contribution in [2.45, 2.75) is 85.9 Å². The van der Waals surface area contributed by atoms with Gasteiger partial charge in [-0.1, -0.05) is 20.3 Å². The Balaban J connectivity index is 5.12. The second kappa shape index (κ2) is 7.92. The average molecular weight is 318 g/mol. The Morgan fingerprint density at radius 3 is 1.36 bits per heavy atom. The standard InChI is InChI=1S/C16H30O6/c1-9-11-16(10-2,12(17)19-21-14(3,4)5)13(18)20-22-15(6,7)8/h9-11H2,1-8H3. The van der Waals surface area contributed by atoms with Crippen molar-refractivity contribution in [1.82, 2.24) is 0 Å². The molecule has 0 aromatic rings. The molecule has 130 valence electrons. The summed E-state index contributed by atoms with van der Waals surface area (Å²) >= 11 is 0. The van der Waals surface area contributed by atoms with E-state index in [9.17, 15) is 9.59 Å². The fourth-order valence-electron chi connectivity index (χ4n) is 1.66. The van der Waals surface area contributed by atoms with Gasteiger partial charge in [0.15, 0.2) is 5.41 Å². The molecule has 0 rings (SSSR count). The molecule has 22 heavy (non-hydrogen) atoms. The Morgan fingerprint density at radius 2 is 1.14 bits per heavy atom. The highest BCUT2D eigenvalue weighted by Crippen LogP contribution is 2.33. The van der Waals surface area contributed by atoms with Gasteiger partial charge in [0.1, 0.15) is 11.2 Å². The monoisotopic (exact) mass is 318 g/mol. The molecule has 6 nitrogen and oxygen atoms in total. The van der Waals surface area contributed by atoms with Crippen molar-refractivity contribution >= 4 is 11.9 Å². The Morgan fingerprint density at radius 1 is 0.773 bits per heavy atom. The van der Waals surface area contributed by atoms with Crippen molar-refractivity contribution < 1.29 is 29.1 Å². The van der Waals surface area contributed by atoms with Crippen molar-refractivity contribution in [3.8, 4) is 0 Å². The second-order valence-corrected chi connectivity index (χ2v) is 7.32. The minimum absolute atomic E-state index is 0.236. The fourth-order valence-corrected chi connectivity index (χ4v) is 1.66. The predicted octanol–water partition coefficient (Wildman–Crippen LogP) is 3.73. The highest BCUT2D eigenvalue weighted by molar-refractivity contribution is 5.99. The number of rotatable bonds is 7. The van der Waals surface area contributed by atoms with Crippen molar-refractivity contribution in [2.24, 2.45) is 5.41 Å². The van der Waals surface area contributed by atoms with Crippen molar-refractivity contribution in [1.29, 1.82) is 0 Å². The summed E-state index contributed by atoms with van der Waals surface area (Å²) in [5.41, 5.74) is -2.74. The molecule has 0 spiro atoms. The third kappa shape index (κ3) is 6.75. The first-order valence-electron chi connectivity index (χ1n) is 7.68. The van der Waals surface area contributed by atoms with Crippen LogP contribution in [0.5, 0.6) is 0 Å². The Kier molecular flexibility index (Phi) is 7.51. The van der Waals surface area contributed by atoms with Crippen LogP contribution >= 0.6 is 0 Å². The first-order chi connectivity index (χ1) is 9.88. The van der Waals surface area contributed by atoms with Gasteiger partial charge in [-0.15, -0.1) is 0 Å². The summed E-state index contributed by atoms with van der Waals surface area (Å²) in [6.45, 7) is 14.1. The third-order valence-corrected chi connectivity index (χ3v) is 2.80. The molecule has 0 aromatic carbocycles. The van der Waals surface area contributed by atoms with E-state index >= 15 is 0 Å². The van der Waals surface area contributed by atoms with Gasteiger partial charge in [0, 0.05) is 0 Å². The third-order valence-electron chi connectivity index (χ3n) is 2.80. The lowest BCUT2D eigenvalue weighted by molar-refractivity contribution is -0.340. The predicted molar refractivity (Wildman–Crippen MR) is 81.5 cm³/mol. The lowest BCUT2D eigenvalue weighted by atomic mass is 9.81. The lowest BCUT2D eigenvalue weighted by Gasteiger charge is -2.29. The lowest BCUT2D eigenvalue weighted by Crippen LogP contribution is -2.43. The molecule has 0 fully saturated rings. The largest absolute Gasteiger partial charge is 0.359 e. The van der Waals surface area contributed by atoms with Crippen LogP contribution in [-0.4, -0.2) is 23.1 Å². The molecule has 0 radical (unpaired) electrons. The van der Waals surface area contributed by atoms with Gasteiger partial charge in [-0.05, 0) is 54.4 Å². The first-order valence-corrected chi connectivity index (χ1v) is 7.68. The Hall–Kier alpha value is -1.14. The molecule has 0 bridgehead atoms. The molecule has 0 saturated heterocycles. The summed E-state index contributed by atoms with van der Waals surface area (Å²) in [6, 6.07) is 0. The highest BCUT2D eigenvalue weighted by atomic mass is 17.2. The number of hydrogen-bond acceptors (Lipinski definition) is 6. The quantitative estimate of drug-likeness (QED) is 0.404. The molecule has 0 unspecified atom stereocenters. The molecule has 0 aliphatic rings. The second-order valence-electron chi connectivity index (χ2n) is 7.32. The summed E-state index contributed by atoms with van der Waals surface area (Å²) in [7, 11) is 0. The van der Waals surface area contributed by atoms with Crippen LogP contribution in [0.1, 0.15) is 74.7 Å². The van der Waals surface area contributed by atoms with Crippen LogP contribution in [0.15, 0.2) is 0 Å². The number of carbonyl (C=O) groups excluding carboxylic acids is 2. The van der Waals surface area contributed by atoms with Crippen LogP contribution in [0, 0.1) is 5.41 Å². The van der Waals surface area contributed by atoms with Gasteiger partial charge < -0.3 is 0 Å². The zero-order chi connectivity index (χ0) is 17.6. The van der Waals surface area contributed by atoms with Gasteiger partial charge in [-0.2, -0.15) is 9.78 Å². The van der Waals surface area contributed by atoms with E-state index in [0.717, 1.165) is 0 Å². The number of hydrogen-bond donors (Lipinski definition) is 0. The summed E-state index contributed by atoms with van der Waals surface area (Å²) in [5.74, 6) is -1.51.